The summed E-state index contributed by atoms with van der Waals surface area (Å²) in [5, 5.41) is 10.7. The highest BCUT2D eigenvalue weighted by Gasteiger charge is 2.61. The van der Waals surface area contributed by atoms with Crippen LogP contribution in [0.25, 0.3) is 0 Å². The maximum atomic E-state index is 13.3. The molecule has 4 fully saturated rings. The molecule has 4 saturated carbocycles. The maximum Gasteiger partial charge on any atom is 0.163 e. The van der Waals surface area contributed by atoms with Gasteiger partial charge in [0, 0.05) is 18.0 Å². The number of fused-ring (bicyclic) bond motifs is 5. The van der Waals surface area contributed by atoms with Gasteiger partial charge in [-0.25, -0.2) is 0 Å². The van der Waals surface area contributed by atoms with Gasteiger partial charge in [0.25, 0.3) is 0 Å². The highest BCUT2D eigenvalue weighted by molar-refractivity contribution is 5.97. The molecule has 4 aliphatic carbocycles. The molecule has 29 heavy (non-hydrogen) atoms. The van der Waals surface area contributed by atoms with E-state index < -0.39 is 5.60 Å². The molecule has 3 nitrogen and oxygen atoms in total. The van der Waals surface area contributed by atoms with Gasteiger partial charge in [-0.3, -0.25) is 4.79 Å². The quantitative estimate of drug-likeness (QED) is 0.668. The minimum atomic E-state index is -0.460. The number of likely N-dealkylation sites (N-methyl/N-ethyl adjacent to an activating group) is 1. The SMILES string of the molecule is C=C(CN(C)C)C(=O)[C@H]1CC[C@H]2[C@@H]3CC[C@H]4C[C@](C)(O)CC[C@]4(C)[C@H]3CC[C@]12C. The Balaban J connectivity index is 1.54. The van der Waals surface area contributed by atoms with Crippen molar-refractivity contribution in [2.75, 3.05) is 20.6 Å². The number of nitrogens with zero attached hydrogens (tertiary/aromatic N) is 1. The van der Waals surface area contributed by atoms with Gasteiger partial charge in [-0.15, -0.1) is 0 Å². The summed E-state index contributed by atoms with van der Waals surface area (Å²) in [5.41, 5.74) is 0.895. The molecular weight excluding hydrogens is 358 g/mol. The number of ketones is 1. The molecule has 0 aromatic carbocycles. The number of carbonyl (C=O) groups is 1. The van der Waals surface area contributed by atoms with Gasteiger partial charge in [0.2, 0.25) is 0 Å². The first-order valence-corrected chi connectivity index (χ1v) is 12.1. The molecule has 4 aliphatic rings. The van der Waals surface area contributed by atoms with Crippen LogP contribution < -0.4 is 0 Å². The van der Waals surface area contributed by atoms with Crippen LogP contribution in [0.15, 0.2) is 12.2 Å². The van der Waals surface area contributed by atoms with Gasteiger partial charge in [0.1, 0.15) is 0 Å². The lowest BCUT2D eigenvalue weighted by Gasteiger charge is -2.61. The predicted molar refractivity (Wildman–Crippen MR) is 119 cm³/mol. The molecule has 0 aromatic rings. The second kappa shape index (κ2) is 7.19. The first-order chi connectivity index (χ1) is 13.5. The van der Waals surface area contributed by atoms with Crippen LogP contribution in [-0.2, 0) is 4.79 Å². The summed E-state index contributed by atoms with van der Waals surface area (Å²) < 4.78 is 0. The first kappa shape index (κ1) is 21.6. The zero-order valence-electron chi connectivity index (χ0n) is 19.5. The van der Waals surface area contributed by atoms with Crippen molar-refractivity contribution in [1.29, 1.82) is 0 Å². The summed E-state index contributed by atoms with van der Waals surface area (Å²) in [6.07, 6.45) is 10.5. The number of carbonyl (C=O) groups excluding carboxylic acids is 1. The molecule has 3 heteroatoms. The largest absolute Gasteiger partial charge is 0.390 e. The molecule has 0 heterocycles. The van der Waals surface area contributed by atoms with E-state index in [9.17, 15) is 9.90 Å². The normalized spacial score (nSPS) is 49.3. The van der Waals surface area contributed by atoms with Gasteiger partial charge in [-0.05, 0) is 113 Å². The lowest BCUT2D eigenvalue weighted by molar-refractivity contribution is -0.149. The van der Waals surface area contributed by atoms with Crippen LogP contribution in [0.4, 0.5) is 0 Å². The summed E-state index contributed by atoms with van der Waals surface area (Å²) in [6, 6.07) is 0. The Bertz CT molecular complexity index is 682. The van der Waals surface area contributed by atoms with Crippen molar-refractivity contribution in [1.82, 2.24) is 4.90 Å². The molecule has 164 valence electrons. The molecule has 0 bridgehead atoms. The molecule has 0 aliphatic heterocycles. The second-order valence-electron chi connectivity index (χ2n) is 12.2. The number of rotatable bonds is 4. The number of hydrogen-bond donors (Lipinski definition) is 1. The Kier molecular flexibility index (Phi) is 5.35. The molecule has 0 saturated heterocycles. The molecule has 0 amide bonds. The van der Waals surface area contributed by atoms with Crippen LogP contribution >= 0.6 is 0 Å². The van der Waals surface area contributed by atoms with Crippen LogP contribution in [0.5, 0.6) is 0 Å². The molecule has 0 radical (unpaired) electrons. The van der Waals surface area contributed by atoms with Gasteiger partial charge in [0.05, 0.1) is 5.60 Å². The summed E-state index contributed by atoms with van der Waals surface area (Å²) in [7, 11) is 4.03. The molecule has 8 atom stereocenters. The minimum Gasteiger partial charge on any atom is -0.390 e. The van der Waals surface area contributed by atoms with Crippen molar-refractivity contribution in [3.05, 3.63) is 12.2 Å². The predicted octanol–water partition coefficient (Wildman–Crippen LogP) is 5.08. The van der Waals surface area contributed by atoms with Crippen molar-refractivity contribution in [3.8, 4) is 0 Å². The molecule has 0 aromatic heterocycles. The van der Waals surface area contributed by atoms with E-state index in [0.29, 0.717) is 29.6 Å². The second-order valence-corrected chi connectivity index (χ2v) is 12.2. The van der Waals surface area contributed by atoms with Gasteiger partial charge in [0.15, 0.2) is 5.78 Å². The van der Waals surface area contributed by atoms with E-state index in [0.717, 1.165) is 36.7 Å². The summed E-state index contributed by atoms with van der Waals surface area (Å²) in [5.74, 6) is 3.46. The first-order valence-electron chi connectivity index (χ1n) is 12.1. The Morgan fingerprint density at radius 1 is 0.966 bits per heavy atom. The average Bonchev–Trinajstić information content (AvgIpc) is 2.98. The van der Waals surface area contributed by atoms with Gasteiger partial charge < -0.3 is 10.0 Å². The molecule has 4 rings (SSSR count). The third-order valence-electron chi connectivity index (χ3n) is 10.1. The Morgan fingerprint density at radius 2 is 1.66 bits per heavy atom. The Labute approximate surface area is 178 Å². The fourth-order valence-corrected chi connectivity index (χ4v) is 8.57. The average molecular weight is 402 g/mol. The molecule has 1 N–H and O–H groups in total. The fraction of sp³-hybridized carbons (Fsp3) is 0.885. The number of aliphatic hydroxyl groups is 1. The fourth-order valence-electron chi connectivity index (χ4n) is 8.57. The number of hydrogen-bond acceptors (Lipinski definition) is 3. The highest BCUT2D eigenvalue weighted by Crippen LogP contribution is 2.68. The molecule has 0 spiro atoms. The van der Waals surface area contributed by atoms with Crippen molar-refractivity contribution in [2.24, 2.45) is 40.4 Å². The van der Waals surface area contributed by atoms with E-state index in [1.54, 1.807) is 0 Å². The third-order valence-corrected chi connectivity index (χ3v) is 10.1. The Morgan fingerprint density at radius 3 is 2.34 bits per heavy atom. The Hall–Kier alpha value is -0.670. The van der Waals surface area contributed by atoms with Crippen molar-refractivity contribution in [3.63, 3.8) is 0 Å². The zero-order chi connectivity index (χ0) is 21.2. The van der Waals surface area contributed by atoms with E-state index in [1.807, 2.05) is 21.0 Å². The molecular formula is C26H43NO2. The van der Waals surface area contributed by atoms with E-state index >= 15 is 0 Å². The lowest BCUT2D eigenvalue weighted by Crippen LogP contribution is -2.55. The summed E-state index contributed by atoms with van der Waals surface area (Å²) >= 11 is 0. The standard InChI is InChI=1S/C26H43NO2/c1-17(16-27(5)6)23(28)22-10-9-20-19-8-7-18-15-24(2,29)13-14-25(18,3)21(19)11-12-26(20,22)4/h18-22,29H,1,7-16H2,2-6H3/t18-,19-,20-,21-,22+,24+,25-,26-/m0/s1. The van der Waals surface area contributed by atoms with Crippen molar-refractivity contribution >= 4 is 5.78 Å². The van der Waals surface area contributed by atoms with E-state index in [-0.39, 0.29) is 11.3 Å². The van der Waals surface area contributed by atoms with Gasteiger partial charge in [-0.1, -0.05) is 20.4 Å². The van der Waals surface area contributed by atoms with E-state index in [4.69, 9.17) is 0 Å². The topological polar surface area (TPSA) is 40.5 Å². The van der Waals surface area contributed by atoms with Crippen LogP contribution in [0, 0.1) is 40.4 Å². The maximum absolute atomic E-state index is 13.3. The van der Waals surface area contributed by atoms with Gasteiger partial charge in [-0.2, -0.15) is 0 Å². The van der Waals surface area contributed by atoms with Crippen LogP contribution in [0.3, 0.4) is 0 Å². The number of Topliss-reactive ketones (excluding diaryl/α,β-unsaturated/α-hetero) is 1. The van der Waals surface area contributed by atoms with Crippen molar-refractivity contribution < 1.29 is 9.90 Å². The zero-order valence-corrected chi connectivity index (χ0v) is 19.5. The van der Waals surface area contributed by atoms with E-state index in [2.05, 4.69) is 25.3 Å². The van der Waals surface area contributed by atoms with Crippen LogP contribution in [-0.4, -0.2) is 42.0 Å². The van der Waals surface area contributed by atoms with Crippen molar-refractivity contribution in [2.45, 2.75) is 84.2 Å². The highest BCUT2D eigenvalue weighted by atomic mass is 16.3. The van der Waals surface area contributed by atoms with Crippen LogP contribution in [0.2, 0.25) is 0 Å². The van der Waals surface area contributed by atoms with Gasteiger partial charge >= 0.3 is 0 Å². The van der Waals surface area contributed by atoms with Crippen LogP contribution in [0.1, 0.15) is 78.6 Å². The molecule has 0 unspecified atom stereocenters. The van der Waals surface area contributed by atoms with E-state index in [1.165, 1.54) is 38.5 Å². The smallest absolute Gasteiger partial charge is 0.163 e. The summed E-state index contributed by atoms with van der Waals surface area (Å²) in [6.45, 7) is 11.9. The minimum absolute atomic E-state index is 0.164. The lowest BCUT2D eigenvalue weighted by atomic mass is 9.44. The monoisotopic (exact) mass is 401 g/mol. The summed E-state index contributed by atoms with van der Waals surface area (Å²) in [4.78, 5) is 15.4. The third kappa shape index (κ3) is 3.45.